The van der Waals surface area contributed by atoms with Crippen LogP contribution in [0.4, 0.5) is 0 Å². The lowest BCUT2D eigenvalue weighted by atomic mass is 10.0. The predicted molar refractivity (Wildman–Crippen MR) is 76.7 cm³/mol. The van der Waals surface area contributed by atoms with E-state index in [1.54, 1.807) is 26.2 Å². The first kappa shape index (κ1) is 15.6. The van der Waals surface area contributed by atoms with Crippen LogP contribution < -0.4 is 0 Å². The van der Waals surface area contributed by atoms with Gasteiger partial charge >= 0.3 is 0 Å². The van der Waals surface area contributed by atoms with E-state index in [-0.39, 0.29) is 24.1 Å². The molecule has 1 aliphatic carbocycles. The smallest absolute Gasteiger partial charge is 0.289 e. The maximum absolute atomic E-state index is 12.1. The molecular weight excluding hydrogens is 272 g/mol. The summed E-state index contributed by atoms with van der Waals surface area (Å²) in [5.41, 5.74) is -0.770. The van der Waals surface area contributed by atoms with E-state index in [1.807, 2.05) is 0 Å². The van der Waals surface area contributed by atoms with Gasteiger partial charge in [-0.3, -0.25) is 9.59 Å². The lowest BCUT2D eigenvalue weighted by Gasteiger charge is -2.29. The molecule has 6 heteroatoms. The van der Waals surface area contributed by atoms with Crippen molar-refractivity contribution in [3.05, 3.63) is 24.2 Å². The van der Waals surface area contributed by atoms with Crippen LogP contribution in [0, 0.1) is 0 Å². The van der Waals surface area contributed by atoms with Gasteiger partial charge in [-0.25, -0.2) is 0 Å². The third-order valence-electron chi connectivity index (χ3n) is 3.94. The molecule has 6 nitrogen and oxygen atoms in total. The molecule has 0 aromatic carbocycles. The highest BCUT2D eigenvalue weighted by molar-refractivity contribution is 5.94. The van der Waals surface area contributed by atoms with Gasteiger partial charge in [0.25, 0.3) is 5.91 Å². The zero-order chi connectivity index (χ0) is 15.5. The van der Waals surface area contributed by atoms with Crippen LogP contribution >= 0.6 is 0 Å². The van der Waals surface area contributed by atoms with Crippen LogP contribution in [-0.4, -0.2) is 59.5 Å². The van der Waals surface area contributed by atoms with Gasteiger partial charge in [-0.2, -0.15) is 0 Å². The first-order valence-corrected chi connectivity index (χ1v) is 7.17. The second-order valence-corrected chi connectivity index (χ2v) is 5.82. The minimum Gasteiger partial charge on any atom is -0.459 e. The average molecular weight is 294 g/mol. The number of furan rings is 1. The topological polar surface area (TPSA) is 74.0 Å². The number of hydrogen-bond donors (Lipinski definition) is 1. The third kappa shape index (κ3) is 3.85. The lowest BCUT2D eigenvalue weighted by molar-refractivity contribution is -0.133. The largest absolute Gasteiger partial charge is 0.459 e. The molecule has 1 aliphatic rings. The Balaban J connectivity index is 1.87. The Morgan fingerprint density at radius 2 is 1.95 bits per heavy atom. The molecule has 1 aromatic heterocycles. The minimum absolute atomic E-state index is 0.0356. The van der Waals surface area contributed by atoms with Gasteiger partial charge in [0, 0.05) is 20.6 Å². The molecule has 0 atom stereocenters. The van der Waals surface area contributed by atoms with Crippen LogP contribution in [-0.2, 0) is 4.79 Å². The number of carbonyl (C=O) groups is 2. The number of nitrogens with zero attached hydrogens (tertiary/aromatic N) is 2. The van der Waals surface area contributed by atoms with Crippen LogP contribution in [0.2, 0.25) is 0 Å². The predicted octanol–water partition coefficient (Wildman–Crippen LogP) is 1.12. The van der Waals surface area contributed by atoms with Crippen molar-refractivity contribution < 1.29 is 19.1 Å². The van der Waals surface area contributed by atoms with E-state index >= 15 is 0 Å². The van der Waals surface area contributed by atoms with Crippen molar-refractivity contribution in [1.29, 1.82) is 0 Å². The highest BCUT2D eigenvalue weighted by atomic mass is 16.3. The standard InChI is InChI=1S/C15H22N2O4/c1-16(14(19)12-6-5-9-21-12)10-13(18)17(2)11-15(20)7-3-4-8-15/h5-6,9,20H,3-4,7-8,10-11H2,1-2H3. The molecular formula is C15H22N2O4. The maximum Gasteiger partial charge on any atom is 0.289 e. The lowest BCUT2D eigenvalue weighted by Crippen LogP contribution is -2.46. The van der Waals surface area contributed by atoms with E-state index in [0.717, 1.165) is 25.7 Å². The average Bonchev–Trinajstić information content (AvgIpc) is 3.09. The molecule has 0 radical (unpaired) electrons. The van der Waals surface area contributed by atoms with Crippen LogP contribution in [0.25, 0.3) is 0 Å². The molecule has 21 heavy (non-hydrogen) atoms. The number of rotatable bonds is 5. The summed E-state index contributed by atoms with van der Waals surface area (Å²) in [6.45, 7) is 0.279. The molecule has 0 spiro atoms. The maximum atomic E-state index is 12.1. The van der Waals surface area contributed by atoms with Gasteiger partial charge in [-0.1, -0.05) is 12.8 Å². The number of aliphatic hydroxyl groups is 1. The summed E-state index contributed by atoms with van der Waals surface area (Å²) < 4.78 is 5.03. The molecule has 2 rings (SSSR count). The van der Waals surface area contributed by atoms with Crippen molar-refractivity contribution in [3.8, 4) is 0 Å². The Hall–Kier alpha value is -1.82. The van der Waals surface area contributed by atoms with Gasteiger partial charge in [0.2, 0.25) is 5.91 Å². The molecule has 1 aromatic rings. The zero-order valence-electron chi connectivity index (χ0n) is 12.5. The van der Waals surface area contributed by atoms with Gasteiger partial charge in [-0.15, -0.1) is 0 Å². The Kier molecular flexibility index (Phi) is 4.67. The number of likely N-dealkylation sites (N-methyl/N-ethyl adjacent to an activating group) is 2. The SMILES string of the molecule is CN(CC1(O)CCCC1)C(=O)CN(C)C(=O)c1ccco1. The molecule has 0 unspecified atom stereocenters. The van der Waals surface area contributed by atoms with Crippen molar-refractivity contribution in [1.82, 2.24) is 9.80 Å². The Bertz CT molecular complexity index is 492. The van der Waals surface area contributed by atoms with E-state index in [9.17, 15) is 14.7 Å². The summed E-state index contributed by atoms with van der Waals surface area (Å²) in [7, 11) is 3.21. The number of hydrogen-bond acceptors (Lipinski definition) is 4. The van der Waals surface area contributed by atoms with Gasteiger partial charge in [0.05, 0.1) is 18.4 Å². The molecule has 0 saturated heterocycles. The van der Waals surface area contributed by atoms with Crippen molar-refractivity contribution >= 4 is 11.8 Å². The third-order valence-corrected chi connectivity index (χ3v) is 3.94. The summed E-state index contributed by atoms with van der Waals surface area (Å²) in [5, 5.41) is 10.3. The zero-order valence-corrected chi connectivity index (χ0v) is 12.5. The van der Waals surface area contributed by atoms with Crippen molar-refractivity contribution in [2.75, 3.05) is 27.2 Å². The van der Waals surface area contributed by atoms with E-state index in [0.29, 0.717) is 6.54 Å². The van der Waals surface area contributed by atoms with E-state index in [4.69, 9.17) is 4.42 Å². The quantitative estimate of drug-likeness (QED) is 0.883. The second kappa shape index (κ2) is 6.30. The van der Waals surface area contributed by atoms with E-state index in [2.05, 4.69) is 0 Å². The fraction of sp³-hybridized carbons (Fsp3) is 0.600. The van der Waals surface area contributed by atoms with Gasteiger partial charge < -0.3 is 19.3 Å². The Morgan fingerprint density at radius 1 is 1.29 bits per heavy atom. The minimum atomic E-state index is -0.770. The van der Waals surface area contributed by atoms with Crippen LogP contribution in [0.15, 0.2) is 22.8 Å². The van der Waals surface area contributed by atoms with Crippen molar-refractivity contribution in [3.63, 3.8) is 0 Å². The molecule has 0 aliphatic heterocycles. The first-order valence-electron chi connectivity index (χ1n) is 7.17. The fourth-order valence-corrected chi connectivity index (χ4v) is 2.70. The highest BCUT2D eigenvalue weighted by Crippen LogP contribution is 2.29. The molecule has 116 valence electrons. The molecule has 1 heterocycles. The second-order valence-electron chi connectivity index (χ2n) is 5.82. The molecule has 1 N–H and O–H groups in total. The van der Waals surface area contributed by atoms with Crippen LogP contribution in [0.3, 0.4) is 0 Å². The first-order chi connectivity index (χ1) is 9.91. The Labute approximate surface area is 124 Å². The van der Waals surface area contributed by atoms with Gasteiger partial charge in [0.15, 0.2) is 5.76 Å². The monoisotopic (exact) mass is 294 g/mol. The van der Waals surface area contributed by atoms with Crippen molar-refractivity contribution in [2.24, 2.45) is 0 Å². The normalized spacial score (nSPS) is 16.7. The Morgan fingerprint density at radius 3 is 2.52 bits per heavy atom. The van der Waals surface area contributed by atoms with E-state index < -0.39 is 5.60 Å². The van der Waals surface area contributed by atoms with Gasteiger partial charge in [-0.05, 0) is 25.0 Å². The number of amides is 2. The van der Waals surface area contributed by atoms with Crippen molar-refractivity contribution in [2.45, 2.75) is 31.3 Å². The van der Waals surface area contributed by atoms with Crippen LogP contribution in [0.5, 0.6) is 0 Å². The van der Waals surface area contributed by atoms with Gasteiger partial charge in [0.1, 0.15) is 0 Å². The number of carbonyl (C=O) groups excluding carboxylic acids is 2. The highest BCUT2D eigenvalue weighted by Gasteiger charge is 2.33. The molecule has 0 bridgehead atoms. The summed E-state index contributed by atoms with van der Waals surface area (Å²) >= 11 is 0. The van der Waals surface area contributed by atoms with E-state index in [1.165, 1.54) is 16.1 Å². The molecule has 1 saturated carbocycles. The fourth-order valence-electron chi connectivity index (χ4n) is 2.70. The summed E-state index contributed by atoms with van der Waals surface area (Å²) in [4.78, 5) is 26.9. The van der Waals surface area contributed by atoms with Crippen LogP contribution in [0.1, 0.15) is 36.2 Å². The molecule has 1 fully saturated rings. The molecule has 2 amide bonds. The summed E-state index contributed by atoms with van der Waals surface area (Å²) in [6, 6.07) is 3.19. The summed E-state index contributed by atoms with van der Waals surface area (Å²) in [6.07, 6.45) is 4.87. The summed E-state index contributed by atoms with van der Waals surface area (Å²) in [5.74, 6) is -0.318.